The quantitative estimate of drug-likeness (QED) is 0.474. The highest BCUT2D eigenvalue weighted by Crippen LogP contribution is 2.42. The van der Waals surface area contributed by atoms with Crippen molar-refractivity contribution in [2.75, 3.05) is 42.7 Å². The Morgan fingerprint density at radius 3 is 1.89 bits per heavy atom. The van der Waals surface area contributed by atoms with Gasteiger partial charge in [0.25, 0.3) is 0 Å². The lowest BCUT2D eigenvalue weighted by molar-refractivity contribution is -0.168. The van der Waals surface area contributed by atoms with E-state index in [1.807, 2.05) is 26.0 Å². The standard InChI is InChI=1S/C16H23ClO5.C9H16O5/c1-9-6-7-10(8-11(9)17)12(18)13-16(2,21-5)14(19-3)15(20-4)22-13;1-9(13-4)6(5-10)14-8(12-3)7(9)11-2/h6-8,12-15,18H,1-5H3;5-8H,1-4H3/t12-,13-,14+,15-,16-;6-,7+,8-,9-/m11/s1. The van der Waals surface area contributed by atoms with E-state index in [-0.39, 0.29) is 0 Å². The van der Waals surface area contributed by atoms with Crippen LogP contribution in [-0.4, -0.2) is 102 Å². The van der Waals surface area contributed by atoms with Crippen molar-refractivity contribution in [1.82, 2.24) is 0 Å². The summed E-state index contributed by atoms with van der Waals surface area (Å²) in [6.45, 7) is 5.51. The van der Waals surface area contributed by atoms with Crippen molar-refractivity contribution >= 4 is 17.9 Å². The summed E-state index contributed by atoms with van der Waals surface area (Å²) in [6.07, 6.45) is -3.57. The molecule has 2 saturated heterocycles. The third-order valence-electron chi connectivity index (χ3n) is 7.12. The van der Waals surface area contributed by atoms with Crippen LogP contribution in [-0.2, 0) is 42.7 Å². The van der Waals surface area contributed by atoms with Crippen LogP contribution in [0.25, 0.3) is 0 Å². The van der Waals surface area contributed by atoms with Gasteiger partial charge < -0.3 is 47.8 Å². The van der Waals surface area contributed by atoms with Gasteiger partial charge in [-0.3, -0.25) is 0 Å². The summed E-state index contributed by atoms with van der Waals surface area (Å²) in [5.74, 6) is 0. The average molecular weight is 535 g/mol. The molecule has 1 aromatic rings. The van der Waals surface area contributed by atoms with Crippen molar-refractivity contribution in [3.8, 4) is 0 Å². The molecule has 1 aromatic carbocycles. The zero-order valence-corrected chi connectivity index (χ0v) is 23.1. The summed E-state index contributed by atoms with van der Waals surface area (Å²) < 4.78 is 43.1. The molecule has 2 aliphatic heterocycles. The van der Waals surface area contributed by atoms with Crippen LogP contribution in [0.3, 0.4) is 0 Å². The number of halogens is 1. The van der Waals surface area contributed by atoms with Gasteiger partial charge in [-0.15, -0.1) is 0 Å². The van der Waals surface area contributed by atoms with Crippen LogP contribution in [0, 0.1) is 6.92 Å². The van der Waals surface area contributed by atoms with Gasteiger partial charge in [0, 0.05) is 47.7 Å². The van der Waals surface area contributed by atoms with Crippen LogP contribution in [0.15, 0.2) is 18.2 Å². The minimum atomic E-state index is -0.916. The second-order valence-electron chi connectivity index (χ2n) is 9.00. The van der Waals surface area contributed by atoms with Gasteiger partial charge in [0.05, 0.1) is 0 Å². The predicted molar refractivity (Wildman–Crippen MR) is 131 cm³/mol. The van der Waals surface area contributed by atoms with Gasteiger partial charge in [-0.2, -0.15) is 0 Å². The van der Waals surface area contributed by atoms with E-state index in [4.69, 9.17) is 49.5 Å². The Balaban J connectivity index is 0.000000281. The third kappa shape index (κ3) is 5.78. The van der Waals surface area contributed by atoms with E-state index in [2.05, 4.69) is 0 Å². The monoisotopic (exact) mass is 534 g/mol. The number of benzene rings is 1. The largest absolute Gasteiger partial charge is 0.386 e. The maximum absolute atomic E-state index is 10.8. The summed E-state index contributed by atoms with van der Waals surface area (Å²) in [7, 11) is 9.21. The summed E-state index contributed by atoms with van der Waals surface area (Å²) in [6, 6.07) is 5.43. The normalized spacial score (nSPS) is 36.9. The van der Waals surface area contributed by atoms with E-state index in [0.29, 0.717) is 16.9 Å². The van der Waals surface area contributed by atoms with Crippen molar-refractivity contribution < 1.29 is 47.8 Å². The fourth-order valence-electron chi connectivity index (χ4n) is 4.60. The van der Waals surface area contributed by atoms with E-state index >= 15 is 0 Å². The second kappa shape index (κ2) is 13.1. The molecule has 2 aliphatic rings. The molecule has 0 bridgehead atoms. The van der Waals surface area contributed by atoms with Crippen LogP contribution in [0.4, 0.5) is 0 Å². The van der Waals surface area contributed by atoms with E-state index < -0.39 is 54.3 Å². The van der Waals surface area contributed by atoms with Crippen molar-refractivity contribution in [3.63, 3.8) is 0 Å². The maximum atomic E-state index is 10.8. The van der Waals surface area contributed by atoms with Gasteiger partial charge in [-0.1, -0.05) is 23.7 Å². The fraction of sp³-hybridized carbons (Fsp3) is 0.720. The first kappa shape index (κ1) is 31.0. The minimum absolute atomic E-state index is 0.410. The number of carbonyl (C=O) groups is 1. The van der Waals surface area contributed by atoms with E-state index in [0.717, 1.165) is 5.56 Å². The second-order valence-corrected chi connectivity index (χ2v) is 9.41. The van der Waals surface area contributed by atoms with Crippen molar-refractivity contribution in [2.45, 2.75) is 75.1 Å². The van der Waals surface area contributed by atoms with Crippen LogP contribution < -0.4 is 0 Å². The molecule has 0 amide bonds. The predicted octanol–water partition coefficient (Wildman–Crippen LogP) is 2.45. The highest BCUT2D eigenvalue weighted by molar-refractivity contribution is 6.31. The van der Waals surface area contributed by atoms with Crippen LogP contribution in [0.5, 0.6) is 0 Å². The number of aldehydes is 1. The Morgan fingerprint density at radius 1 is 0.917 bits per heavy atom. The number of aliphatic hydroxyl groups excluding tert-OH is 1. The minimum Gasteiger partial charge on any atom is -0.386 e. The number of rotatable bonds is 9. The van der Waals surface area contributed by atoms with Gasteiger partial charge in [0.2, 0.25) is 0 Å². The summed E-state index contributed by atoms with van der Waals surface area (Å²) >= 11 is 6.15. The lowest BCUT2D eigenvalue weighted by atomic mass is 9.88. The topological polar surface area (TPSA) is 111 Å². The van der Waals surface area contributed by atoms with Crippen molar-refractivity contribution in [3.05, 3.63) is 34.3 Å². The van der Waals surface area contributed by atoms with Crippen LogP contribution in [0.1, 0.15) is 31.1 Å². The number of aliphatic hydroxyl groups is 1. The first-order valence-electron chi connectivity index (χ1n) is 11.4. The molecule has 11 heteroatoms. The first-order chi connectivity index (χ1) is 17.0. The molecule has 9 atom stereocenters. The van der Waals surface area contributed by atoms with Crippen molar-refractivity contribution in [1.29, 1.82) is 0 Å². The Kier molecular flexibility index (Phi) is 11.3. The molecular weight excluding hydrogens is 496 g/mol. The Morgan fingerprint density at radius 2 is 1.44 bits per heavy atom. The summed E-state index contributed by atoms with van der Waals surface area (Å²) in [5, 5.41) is 11.4. The van der Waals surface area contributed by atoms with Gasteiger partial charge in [-0.25, -0.2) is 0 Å². The Labute approximate surface area is 218 Å². The number of ether oxygens (including phenoxy) is 8. The molecule has 0 unspecified atom stereocenters. The third-order valence-corrected chi connectivity index (χ3v) is 7.52. The fourth-order valence-corrected chi connectivity index (χ4v) is 4.79. The summed E-state index contributed by atoms with van der Waals surface area (Å²) in [4.78, 5) is 10.8. The van der Waals surface area contributed by atoms with Crippen LogP contribution in [0.2, 0.25) is 5.02 Å². The molecule has 10 nitrogen and oxygen atoms in total. The molecule has 206 valence electrons. The van der Waals surface area contributed by atoms with E-state index in [1.54, 1.807) is 27.2 Å². The zero-order valence-electron chi connectivity index (χ0n) is 22.4. The molecule has 0 aliphatic carbocycles. The van der Waals surface area contributed by atoms with Crippen LogP contribution >= 0.6 is 11.6 Å². The van der Waals surface area contributed by atoms with Gasteiger partial charge in [0.15, 0.2) is 18.9 Å². The van der Waals surface area contributed by atoms with E-state index in [1.165, 1.54) is 28.4 Å². The smallest absolute Gasteiger partial charge is 0.187 e. The summed E-state index contributed by atoms with van der Waals surface area (Å²) in [5.41, 5.74) is -0.0388. The number of methoxy groups -OCH3 is 6. The first-order valence-corrected chi connectivity index (χ1v) is 11.8. The lowest BCUT2D eigenvalue weighted by Crippen LogP contribution is -2.50. The molecular formula is C25H39ClO10. The number of aryl methyl sites for hydroxylation is 1. The SMILES string of the molecule is CO[C@@H]1O[C@H](C=O)[C@@](C)(OC)[C@H]1OC.CO[C@@H]1O[C@H]([C@H](O)c2ccc(C)c(Cl)c2)[C@@](C)(OC)[C@H]1OC. The molecule has 36 heavy (non-hydrogen) atoms. The Bertz CT molecular complexity index is 856. The molecule has 2 heterocycles. The van der Waals surface area contributed by atoms with E-state index in [9.17, 15) is 9.90 Å². The molecule has 0 aromatic heterocycles. The van der Waals surface area contributed by atoms with Crippen molar-refractivity contribution in [2.24, 2.45) is 0 Å². The molecule has 1 N–H and O–H groups in total. The van der Waals surface area contributed by atoms with Gasteiger partial charge in [0.1, 0.15) is 41.7 Å². The molecule has 2 fully saturated rings. The zero-order chi connectivity index (χ0) is 27.3. The molecule has 0 radical (unpaired) electrons. The lowest BCUT2D eigenvalue weighted by Gasteiger charge is -2.34. The molecule has 0 spiro atoms. The molecule has 3 rings (SSSR count). The number of carbonyl (C=O) groups excluding carboxylic acids is 1. The number of hydrogen-bond acceptors (Lipinski definition) is 10. The van der Waals surface area contributed by atoms with Gasteiger partial charge >= 0.3 is 0 Å². The maximum Gasteiger partial charge on any atom is 0.187 e. The number of hydrogen-bond donors (Lipinski definition) is 1. The average Bonchev–Trinajstić information content (AvgIpc) is 3.35. The molecule has 0 saturated carbocycles. The highest BCUT2D eigenvalue weighted by atomic mass is 35.5. The highest BCUT2D eigenvalue weighted by Gasteiger charge is 2.58. The Hall–Kier alpha value is -1.18. The van der Waals surface area contributed by atoms with Gasteiger partial charge in [-0.05, 0) is 38.0 Å².